The summed E-state index contributed by atoms with van der Waals surface area (Å²) in [6.07, 6.45) is 2.93. The second-order valence-electron chi connectivity index (χ2n) is 6.11. The first kappa shape index (κ1) is 13.6. The minimum absolute atomic E-state index is 0.152. The summed E-state index contributed by atoms with van der Waals surface area (Å²) >= 11 is 0. The van der Waals surface area contributed by atoms with E-state index >= 15 is 0 Å². The molecule has 0 radical (unpaired) electrons. The molecule has 0 aromatic heterocycles. The van der Waals surface area contributed by atoms with Gasteiger partial charge in [0.25, 0.3) is 0 Å². The van der Waals surface area contributed by atoms with Gasteiger partial charge in [-0.3, -0.25) is 4.90 Å². The van der Waals surface area contributed by atoms with Crippen LogP contribution in [0, 0.1) is 0 Å². The molecule has 0 bridgehead atoms. The summed E-state index contributed by atoms with van der Waals surface area (Å²) in [7, 11) is 0. The van der Waals surface area contributed by atoms with Crippen molar-refractivity contribution in [3.05, 3.63) is 18.2 Å². The molecule has 1 aromatic rings. The molecule has 110 valence electrons. The Balaban J connectivity index is 1.70. The van der Waals surface area contributed by atoms with Crippen molar-refractivity contribution < 1.29 is 4.74 Å². The van der Waals surface area contributed by atoms with Crippen molar-refractivity contribution in [1.82, 2.24) is 4.90 Å². The first-order valence-corrected chi connectivity index (χ1v) is 7.69. The molecular weight excluding hydrogens is 250 g/mol. The SMILES string of the molecule is CC(C)Oc1cccc(N2CCN(C3CC3)CC2)c1N. The van der Waals surface area contributed by atoms with Crippen LogP contribution in [0.15, 0.2) is 18.2 Å². The van der Waals surface area contributed by atoms with Crippen LogP contribution in [0.3, 0.4) is 0 Å². The molecule has 4 heteroatoms. The van der Waals surface area contributed by atoms with Crippen molar-refractivity contribution in [2.45, 2.75) is 38.8 Å². The van der Waals surface area contributed by atoms with E-state index in [-0.39, 0.29) is 6.10 Å². The zero-order chi connectivity index (χ0) is 14.1. The maximum Gasteiger partial charge on any atom is 0.144 e. The molecule has 0 unspecified atom stereocenters. The Morgan fingerprint density at radius 1 is 1.15 bits per heavy atom. The Morgan fingerprint density at radius 2 is 1.85 bits per heavy atom. The van der Waals surface area contributed by atoms with Crippen molar-refractivity contribution in [2.24, 2.45) is 0 Å². The monoisotopic (exact) mass is 275 g/mol. The Kier molecular flexibility index (Phi) is 3.74. The Morgan fingerprint density at radius 3 is 2.45 bits per heavy atom. The summed E-state index contributed by atoms with van der Waals surface area (Å²) in [5, 5.41) is 0. The van der Waals surface area contributed by atoms with E-state index in [1.807, 2.05) is 26.0 Å². The number of para-hydroxylation sites is 1. The van der Waals surface area contributed by atoms with Gasteiger partial charge in [-0.1, -0.05) is 6.07 Å². The lowest BCUT2D eigenvalue weighted by molar-refractivity contribution is 0.242. The van der Waals surface area contributed by atoms with Gasteiger partial charge in [0.05, 0.1) is 17.5 Å². The quantitative estimate of drug-likeness (QED) is 0.856. The molecule has 4 nitrogen and oxygen atoms in total. The van der Waals surface area contributed by atoms with Crippen molar-refractivity contribution in [3.63, 3.8) is 0 Å². The molecule has 0 atom stereocenters. The summed E-state index contributed by atoms with van der Waals surface area (Å²) in [5.74, 6) is 0.808. The van der Waals surface area contributed by atoms with Crippen molar-refractivity contribution in [1.29, 1.82) is 0 Å². The van der Waals surface area contributed by atoms with Gasteiger partial charge in [-0.05, 0) is 38.8 Å². The van der Waals surface area contributed by atoms with E-state index in [0.29, 0.717) is 0 Å². The molecular formula is C16H25N3O. The first-order valence-electron chi connectivity index (χ1n) is 7.69. The average molecular weight is 275 g/mol. The highest BCUT2D eigenvalue weighted by atomic mass is 16.5. The summed E-state index contributed by atoms with van der Waals surface area (Å²) in [4.78, 5) is 5.00. The standard InChI is InChI=1S/C16H25N3O/c1-12(2)20-15-5-3-4-14(16(15)17)19-10-8-18(9-11-19)13-6-7-13/h3-5,12-13H,6-11,17H2,1-2H3. The number of hydrogen-bond acceptors (Lipinski definition) is 4. The molecule has 1 heterocycles. The highest BCUT2D eigenvalue weighted by molar-refractivity contribution is 5.74. The molecule has 3 rings (SSSR count). The lowest BCUT2D eigenvalue weighted by Gasteiger charge is -2.37. The number of nitrogen functional groups attached to an aromatic ring is 1. The molecule has 1 saturated carbocycles. The second kappa shape index (κ2) is 5.52. The zero-order valence-corrected chi connectivity index (χ0v) is 12.5. The van der Waals surface area contributed by atoms with Crippen molar-refractivity contribution in [2.75, 3.05) is 36.8 Å². The number of hydrogen-bond donors (Lipinski definition) is 1. The highest BCUT2D eigenvalue weighted by Crippen LogP contribution is 2.34. The molecule has 0 amide bonds. The normalized spacial score (nSPS) is 20.4. The second-order valence-corrected chi connectivity index (χ2v) is 6.11. The minimum Gasteiger partial charge on any atom is -0.489 e. The minimum atomic E-state index is 0.152. The topological polar surface area (TPSA) is 41.7 Å². The summed E-state index contributed by atoms with van der Waals surface area (Å²) in [6.45, 7) is 8.48. The number of nitrogens with two attached hydrogens (primary N) is 1. The zero-order valence-electron chi connectivity index (χ0n) is 12.5. The van der Waals surface area contributed by atoms with Crippen LogP contribution in [0.1, 0.15) is 26.7 Å². The van der Waals surface area contributed by atoms with Gasteiger partial charge in [0.15, 0.2) is 0 Å². The molecule has 1 aromatic carbocycles. The molecule has 2 N–H and O–H groups in total. The number of piperazine rings is 1. The van der Waals surface area contributed by atoms with Gasteiger partial charge in [-0.25, -0.2) is 0 Å². The number of ether oxygens (including phenoxy) is 1. The van der Waals surface area contributed by atoms with E-state index < -0.39 is 0 Å². The highest BCUT2D eigenvalue weighted by Gasteiger charge is 2.31. The van der Waals surface area contributed by atoms with Crippen LogP contribution in [0.4, 0.5) is 11.4 Å². The lowest BCUT2D eigenvalue weighted by Crippen LogP contribution is -2.47. The van der Waals surface area contributed by atoms with Gasteiger partial charge in [0, 0.05) is 32.2 Å². The number of nitrogens with zero attached hydrogens (tertiary/aromatic N) is 2. The first-order chi connectivity index (χ1) is 9.65. The molecule has 2 fully saturated rings. The molecule has 1 aliphatic heterocycles. The molecule has 2 aliphatic rings. The van der Waals surface area contributed by atoms with Crippen molar-refractivity contribution >= 4 is 11.4 Å². The van der Waals surface area contributed by atoms with Crippen LogP contribution >= 0.6 is 0 Å². The maximum atomic E-state index is 6.29. The Bertz CT molecular complexity index is 463. The molecule has 1 aliphatic carbocycles. The van der Waals surface area contributed by atoms with E-state index in [1.165, 1.54) is 12.8 Å². The third kappa shape index (κ3) is 2.85. The van der Waals surface area contributed by atoms with E-state index in [0.717, 1.165) is 49.3 Å². The fourth-order valence-corrected chi connectivity index (χ4v) is 2.93. The van der Waals surface area contributed by atoms with Crippen LogP contribution in [0.2, 0.25) is 0 Å². The van der Waals surface area contributed by atoms with E-state index in [9.17, 15) is 0 Å². The summed E-state index contributed by atoms with van der Waals surface area (Å²) in [5.41, 5.74) is 8.19. The average Bonchev–Trinajstić information content (AvgIpc) is 3.25. The van der Waals surface area contributed by atoms with Crippen LogP contribution in [0.5, 0.6) is 5.75 Å². The molecule has 0 spiro atoms. The fourth-order valence-electron chi connectivity index (χ4n) is 2.93. The van der Waals surface area contributed by atoms with Gasteiger partial charge in [0.2, 0.25) is 0 Å². The van der Waals surface area contributed by atoms with Gasteiger partial charge in [-0.15, -0.1) is 0 Å². The van der Waals surface area contributed by atoms with Crippen LogP contribution < -0.4 is 15.4 Å². The largest absolute Gasteiger partial charge is 0.489 e. The van der Waals surface area contributed by atoms with Gasteiger partial charge < -0.3 is 15.4 Å². The molecule has 20 heavy (non-hydrogen) atoms. The number of anilines is 2. The van der Waals surface area contributed by atoms with Crippen LogP contribution in [-0.4, -0.2) is 43.2 Å². The summed E-state index contributed by atoms with van der Waals surface area (Å²) in [6, 6.07) is 6.97. The van der Waals surface area contributed by atoms with Crippen molar-refractivity contribution in [3.8, 4) is 5.75 Å². The van der Waals surface area contributed by atoms with Gasteiger partial charge in [-0.2, -0.15) is 0 Å². The number of benzene rings is 1. The number of rotatable bonds is 4. The fraction of sp³-hybridized carbons (Fsp3) is 0.625. The Labute approximate surface area is 121 Å². The lowest BCUT2D eigenvalue weighted by atomic mass is 10.2. The molecule has 1 saturated heterocycles. The van der Waals surface area contributed by atoms with E-state index in [2.05, 4.69) is 15.9 Å². The van der Waals surface area contributed by atoms with Gasteiger partial charge >= 0.3 is 0 Å². The Hall–Kier alpha value is -1.42. The van der Waals surface area contributed by atoms with Crippen LogP contribution in [0.25, 0.3) is 0 Å². The third-order valence-corrected chi connectivity index (χ3v) is 4.12. The van der Waals surface area contributed by atoms with E-state index in [4.69, 9.17) is 10.5 Å². The van der Waals surface area contributed by atoms with E-state index in [1.54, 1.807) is 0 Å². The smallest absolute Gasteiger partial charge is 0.144 e. The predicted octanol–water partition coefficient (Wildman–Crippen LogP) is 2.34. The maximum absolute atomic E-state index is 6.29. The van der Waals surface area contributed by atoms with Gasteiger partial charge in [0.1, 0.15) is 5.75 Å². The predicted molar refractivity (Wildman–Crippen MR) is 83.4 cm³/mol. The third-order valence-electron chi connectivity index (χ3n) is 4.12. The van der Waals surface area contributed by atoms with Crippen LogP contribution in [-0.2, 0) is 0 Å². The summed E-state index contributed by atoms with van der Waals surface area (Å²) < 4.78 is 5.78.